The minimum absolute atomic E-state index is 0.00613. The second-order valence-corrected chi connectivity index (χ2v) is 10.4. The van der Waals surface area contributed by atoms with Gasteiger partial charge in [0.1, 0.15) is 24.3 Å². The number of benzene rings is 2. The fraction of sp³-hybridized carbons (Fsp3) is 0.433. The van der Waals surface area contributed by atoms with Crippen molar-refractivity contribution in [1.82, 2.24) is 10.2 Å². The van der Waals surface area contributed by atoms with Crippen molar-refractivity contribution >= 4 is 18.1 Å². The Kier molecular flexibility index (Phi) is 8.67. The van der Waals surface area contributed by atoms with E-state index in [-0.39, 0.29) is 43.5 Å². The summed E-state index contributed by atoms with van der Waals surface area (Å²) in [5, 5.41) is 23.7. The number of methoxy groups -OCH3 is 1. The number of ether oxygens (including phenoxy) is 3. The SMILES string of the molecule is COc1cc(C=O)cc2c1OC1C2C(C(=O)NCCO)=CC(N(CCc2cccc(F)c2)C(=O)C2CCOC2)C1O. The first kappa shape index (κ1) is 28.7. The lowest BCUT2D eigenvalue weighted by Gasteiger charge is -2.41. The van der Waals surface area contributed by atoms with Crippen LogP contribution in [-0.2, 0) is 20.7 Å². The fourth-order valence-electron chi connectivity index (χ4n) is 5.87. The molecule has 2 aliphatic heterocycles. The van der Waals surface area contributed by atoms with Crippen molar-refractivity contribution < 1.29 is 43.2 Å². The number of rotatable bonds is 10. The lowest BCUT2D eigenvalue weighted by Crippen LogP contribution is -2.57. The minimum Gasteiger partial charge on any atom is -0.493 e. The highest BCUT2D eigenvalue weighted by atomic mass is 19.1. The van der Waals surface area contributed by atoms with Gasteiger partial charge in [0.25, 0.3) is 0 Å². The van der Waals surface area contributed by atoms with Crippen molar-refractivity contribution in [3.05, 3.63) is 70.6 Å². The molecule has 5 atom stereocenters. The lowest BCUT2D eigenvalue weighted by atomic mass is 9.77. The number of nitrogens with one attached hydrogen (secondary N) is 1. The summed E-state index contributed by atoms with van der Waals surface area (Å²) in [6, 6.07) is 8.23. The van der Waals surface area contributed by atoms with Crippen molar-refractivity contribution in [2.45, 2.75) is 37.0 Å². The van der Waals surface area contributed by atoms with Crippen molar-refractivity contribution in [1.29, 1.82) is 0 Å². The molecule has 5 rings (SSSR count). The van der Waals surface area contributed by atoms with Crippen LogP contribution in [0, 0.1) is 11.7 Å². The molecule has 3 N–H and O–H groups in total. The van der Waals surface area contributed by atoms with E-state index in [0.717, 1.165) is 0 Å². The Bertz CT molecular complexity index is 1340. The molecular weight excluding hydrogens is 535 g/mol. The molecule has 2 aromatic rings. The quantitative estimate of drug-likeness (QED) is 0.366. The van der Waals surface area contributed by atoms with Gasteiger partial charge in [0, 0.05) is 36.4 Å². The van der Waals surface area contributed by atoms with E-state index >= 15 is 0 Å². The van der Waals surface area contributed by atoms with Gasteiger partial charge in [-0.15, -0.1) is 0 Å². The molecule has 0 saturated carbocycles. The molecule has 0 spiro atoms. The molecule has 3 aliphatic rings. The van der Waals surface area contributed by atoms with Gasteiger partial charge in [0.2, 0.25) is 11.8 Å². The van der Waals surface area contributed by atoms with Crippen molar-refractivity contribution in [2.24, 2.45) is 5.92 Å². The van der Waals surface area contributed by atoms with E-state index in [1.807, 2.05) is 0 Å². The Morgan fingerprint density at radius 1 is 1.27 bits per heavy atom. The van der Waals surface area contributed by atoms with Crippen LogP contribution < -0.4 is 14.8 Å². The van der Waals surface area contributed by atoms with Crippen molar-refractivity contribution in [3.8, 4) is 11.5 Å². The van der Waals surface area contributed by atoms with Gasteiger partial charge in [-0.25, -0.2) is 4.39 Å². The van der Waals surface area contributed by atoms with Crippen LogP contribution in [0.25, 0.3) is 0 Å². The maximum Gasteiger partial charge on any atom is 0.247 e. The third-order valence-corrected chi connectivity index (χ3v) is 7.86. The van der Waals surface area contributed by atoms with Gasteiger partial charge in [-0.2, -0.15) is 0 Å². The number of hydrogen-bond acceptors (Lipinski definition) is 8. The number of nitrogens with zero attached hydrogens (tertiary/aromatic N) is 1. The third-order valence-electron chi connectivity index (χ3n) is 7.86. The smallest absolute Gasteiger partial charge is 0.247 e. The summed E-state index contributed by atoms with van der Waals surface area (Å²) in [6.45, 7) is 0.536. The molecule has 5 unspecified atom stereocenters. The van der Waals surface area contributed by atoms with Crippen LogP contribution in [0.2, 0.25) is 0 Å². The summed E-state index contributed by atoms with van der Waals surface area (Å²) in [4.78, 5) is 40.4. The number of amides is 2. The molecule has 0 radical (unpaired) electrons. The second-order valence-electron chi connectivity index (χ2n) is 10.4. The molecule has 218 valence electrons. The highest BCUT2D eigenvalue weighted by Crippen LogP contribution is 2.51. The Hall–Kier alpha value is -3.80. The largest absolute Gasteiger partial charge is 0.493 e. The molecule has 2 heterocycles. The average molecular weight is 569 g/mol. The Morgan fingerprint density at radius 2 is 2.10 bits per heavy atom. The van der Waals surface area contributed by atoms with Gasteiger partial charge >= 0.3 is 0 Å². The highest BCUT2D eigenvalue weighted by molar-refractivity contribution is 5.96. The zero-order valence-corrected chi connectivity index (χ0v) is 22.6. The van der Waals surface area contributed by atoms with Crippen molar-refractivity contribution in [2.75, 3.05) is 40.0 Å². The Labute approximate surface area is 236 Å². The average Bonchev–Trinajstić information content (AvgIpc) is 3.65. The molecule has 2 aromatic carbocycles. The summed E-state index contributed by atoms with van der Waals surface area (Å²) in [5.74, 6) is -1.75. The summed E-state index contributed by atoms with van der Waals surface area (Å²) < 4.78 is 31.0. The van der Waals surface area contributed by atoms with E-state index in [9.17, 15) is 29.0 Å². The van der Waals surface area contributed by atoms with Gasteiger partial charge in [0.15, 0.2) is 11.5 Å². The van der Waals surface area contributed by atoms with Gasteiger partial charge in [-0.1, -0.05) is 12.1 Å². The monoisotopic (exact) mass is 568 g/mol. The van der Waals surface area contributed by atoms with E-state index in [1.165, 1.54) is 30.2 Å². The first-order chi connectivity index (χ1) is 19.9. The van der Waals surface area contributed by atoms with Crippen LogP contribution in [0.5, 0.6) is 11.5 Å². The van der Waals surface area contributed by atoms with Gasteiger partial charge in [0.05, 0.1) is 38.2 Å². The maximum atomic E-state index is 13.9. The molecule has 1 fully saturated rings. The summed E-state index contributed by atoms with van der Waals surface area (Å²) in [7, 11) is 1.43. The summed E-state index contributed by atoms with van der Waals surface area (Å²) >= 11 is 0. The normalized spacial score (nSPS) is 24.5. The Morgan fingerprint density at radius 3 is 2.78 bits per heavy atom. The molecule has 41 heavy (non-hydrogen) atoms. The first-order valence-electron chi connectivity index (χ1n) is 13.6. The molecule has 1 saturated heterocycles. The molecular formula is C30H33FN2O8. The van der Waals surface area contributed by atoms with E-state index in [4.69, 9.17) is 14.2 Å². The van der Waals surface area contributed by atoms with Crippen LogP contribution in [0.15, 0.2) is 48.0 Å². The zero-order valence-electron chi connectivity index (χ0n) is 22.6. The summed E-state index contributed by atoms with van der Waals surface area (Å²) in [5.41, 5.74) is 1.72. The second kappa shape index (κ2) is 12.4. The van der Waals surface area contributed by atoms with Gasteiger partial charge in [-0.05, 0) is 48.7 Å². The van der Waals surface area contributed by atoms with Crippen LogP contribution in [0.1, 0.15) is 33.8 Å². The first-order valence-corrected chi connectivity index (χ1v) is 13.6. The predicted molar refractivity (Wildman–Crippen MR) is 144 cm³/mol. The standard InChI is InChI=1S/C30H33FN2O8/c1-39-24-13-18(15-35)12-21-25-22(29(37)32-7-9-34)14-23(26(36)28(25)41-27(21)24)33(30(38)19-6-10-40-16-19)8-5-17-3-2-4-20(31)11-17/h2-4,11-15,19,23,25-26,28,34,36H,5-10,16H2,1H3,(H,32,37). The van der Waals surface area contributed by atoms with E-state index in [2.05, 4.69) is 5.32 Å². The van der Waals surface area contributed by atoms with Crippen molar-refractivity contribution in [3.63, 3.8) is 0 Å². The van der Waals surface area contributed by atoms with E-state index in [0.29, 0.717) is 48.2 Å². The molecule has 1 aliphatic carbocycles. The fourth-order valence-corrected chi connectivity index (χ4v) is 5.87. The van der Waals surface area contributed by atoms with E-state index < -0.39 is 41.8 Å². The van der Waals surface area contributed by atoms with Crippen LogP contribution in [-0.4, -0.2) is 91.5 Å². The van der Waals surface area contributed by atoms with Crippen LogP contribution in [0.3, 0.4) is 0 Å². The van der Waals surface area contributed by atoms with Gasteiger partial charge in [-0.3, -0.25) is 14.4 Å². The van der Waals surface area contributed by atoms with Crippen LogP contribution >= 0.6 is 0 Å². The van der Waals surface area contributed by atoms with Gasteiger partial charge < -0.3 is 34.6 Å². The number of aldehydes is 1. The van der Waals surface area contributed by atoms with Crippen LogP contribution in [0.4, 0.5) is 4.39 Å². The topological polar surface area (TPSA) is 135 Å². The Balaban J connectivity index is 1.56. The third kappa shape index (κ3) is 5.70. The number of carbonyl (C=O) groups excluding carboxylic acids is 3. The molecule has 10 nitrogen and oxygen atoms in total. The lowest BCUT2D eigenvalue weighted by molar-refractivity contribution is -0.141. The molecule has 0 aromatic heterocycles. The number of halogens is 1. The highest BCUT2D eigenvalue weighted by Gasteiger charge is 2.52. The number of aliphatic hydroxyl groups excluding tert-OH is 2. The number of aliphatic hydroxyl groups is 2. The number of carbonyl (C=O) groups is 3. The summed E-state index contributed by atoms with van der Waals surface area (Å²) in [6.07, 6.45) is 0.817. The molecule has 0 bridgehead atoms. The minimum atomic E-state index is -1.26. The molecule has 2 amide bonds. The maximum absolute atomic E-state index is 13.9. The number of fused-ring (bicyclic) bond motifs is 3. The van der Waals surface area contributed by atoms with E-state index in [1.54, 1.807) is 24.3 Å². The molecule has 11 heteroatoms. The zero-order chi connectivity index (χ0) is 29.1. The number of hydrogen-bond donors (Lipinski definition) is 3. The predicted octanol–water partition coefficient (Wildman–Crippen LogP) is 1.38.